The minimum absolute atomic E-state index is 0.256. The molecule has 1 N–H and O–H groups in total. The summed E-state index contributed by atoms with van der Waals surface area (Å²) in [6.45, 7) is 11.8. The van der Waals surface area contributed by atoms with Gasteiger partial charge in [-0.3, -0.25) is 0 Å². The van der Waals surface area contributed by atoms with Crippen LogP contribution in [-0.4, -0.2) is 5.71 Å². The predicted octanol–water partition coefficient (Wildman–Crippen LogP) is 5.74. The van der Waals surface area contributed by atoms with E-state index >= 15 is 0 Å². The van der Waals surface area contributed by atoms with Crippen molar-refractivity contribution >= 4 is 11.3 Å². The smallest absolute Gasteiger partial charge is 0.0315 e. The molecular weight excluding hydrogens is 266 g/mol. The molecule has 1 nitrogen and oxygen atoms in total. The maximum absolute atomic E-state index is 8.04. The molecule has 1 aliphatic carbocycles. The van der Waals surface area contributed by atoms with Gasteiger partial charge in [-0.25, -0.2) is 0 Å². The fourth-order valence-electron chi connectivity index (χ4n) is 2.93. The van der Waals surface area contributed by atoms with Crippen molar-refractivity contribution in [3.05, 3.63) is 90.1 Å². The molecule has 0 aliphatic heterocycles. The second kappa shape index (κ2) is 7.04. The molecule has 0 radical (unpaired) electrons. The van der Waals surface area contributed by atoms with Gasteiger partial charge < -0.3 is 5.41 Å². The minimum atomic E-state index is 0.256. The highest BCUT2D eigenvalue weighted by molar-refractivity contribution is 6.00. The lowest BCUT2D eigenvalue weighted by molar-refractivity contribution is 0.724. The summed E-state index contributed by atoms with van der Waals surface area (Å²) >= 11 is 0. The molecule has 1 atom stereocenters. The van der Waals surface area contributed by atoms with E-state index in [4.69, 9.17) is 5.41 Å². The summed E-state index contributed by atoms with van der Waals surface area (Å²) in [5, 5.41) is 8.04. The average Bonchev–Trinajstić information content (AvgIpc) is 2.53. The fourth-order valence-corrected chi connectivity index (χ4v) is 2.93. The highest BCUT2D eigenvalue weighted by Crippen LogP contribution is 2.39. The Morgan fingerprint density at radius 1 is 1.23 bits per heavy atom. The van der Waals surface area contributed by atoms with Crippen LogP contribution in [0.2, 0.25) is 0 Å². The Morgan fingerprint density at radius 2 is 1.91 bits per heavy atom. The molecule has 0 spiro atoms. The van der Waals surface area contributed by atoms with Crippen LogP contribution < -0.4 is 0 Å². The molecule has 1 aliphatic rings. The summed E-state index contributed by atoms with van der Waals surface area (Å²) in [6.07, 6.45) is 8.75. The lowest BCUT2D eigenvalue weighted by atomic mass is 9.76. The third kappa shape index (κ3) is 3.25. The van der Waals surface area contributed by atoms with Crippen LogP contribution in [0.25, 0.3) is 5.57 Å². The summed E-state index contributed by atoms with van der Waals surface area (Å²) in [7, 11) is 0. The second-order valence-corrected chi connectivity index (χ2v) is 5.62. The van der Waals surface area contributed by atoms with Gasteiger partial charge in [0.2, 0.25) is 0 Å². The van der Waals surface area contributed by atoms with Crippen LogP contribution in [0, 0.1) is 11.3 Å². The monoisotopic (exact) mass is 289 g/mol. The number of benzene rings is 1. The molecule has 1 aromatic carbocycles. The van der Waals surface area contributed by atoms with Gasteiger partial charge >= 0.3 is 0 Å². The Morgan fingerprint density at radius 3 is 2.45 bits per heavy atom. The number of allylic oxidation sites excluding steroid dienone is 8. The zero-order valence-electron chi connectivity index (χ0n) is 13.4. The summed E-state index contributed by atoms with van der Waals surface area (Å²) in [6, 6.07) is 10.4. The van der Waals surface area contributed by atoms with Gasteiger partial charge in [0, 0.05) is 11.6 Å². The molecule has 0 saturated heterocycles. The average molecular weight is 289 g/mol. The summed E-state index contributed by atoms with van der Waals surface area (Å²) in [4.78, 5) is 0. The second-order valence-electron chi connectivity index (χ2n) is 5.62. The third-order valence-electron chi connectivity index (χ3n) is 4.20. The predicted molar refractivity (Wildman–Crippen MR) is 97.1 cm³/mol. The van der Waals surface area contributed by atoms with E-state index in [0.29, 0.717) is 5.71 Å². The Balaban J connectivity index is 2.59. The van der Waals surface area contributed by atoms with Gasteiger partial charge in [0.05, 0.1) is 0 Å². The first-order valence-electron chi connectivity index (χ1n) is 7.55. The van der Waals surface area contributed by atoms with E-state index < -0.39 is 0 Å². The molecule has 0 heterocycles. The van der Waals surface area contributed by atoms with Crippen molar-refractivity contribution in [2.45, 2.75) is 20.3 Å². The van der Waals surface area contributed by atoms with Crippen LogP contribution in [0.4, 0.5) is 0 Å². The molecule has 1 aromatic rings. The summed E-state index contributed by atoms with van der Waals surface area (Å²) < 4.78 is 0. The van der Waals surface area contributed by atoms with Gasteiger partial charge in [-0.15, -0.1) is 0 Å². The van der Waals surface area contributed by atoms with Crippen molar-refractivity contribution in [2.75, 3.05) is 0 Å². The van der Waals surface area contributed by atoms with E-state index in [1.165, 1.54) is 16.7 Å². The molecule has 0 fully saturated rings. The topological polar surface area (TPSA) is 23.9 Å². The lowest BCUT2D eigenvalue weighted by Gasteiger charge is -2.28. The van der Waals surface area contributed by atoms with Gasteiger partial charge in [-0.2, -0.15) is 0 Å². The Labute approximate surface area is 133 Å². The minimum Gasteiger partial charge on any atom is -0.305 e. The van der Waals surface area contributed by atoms with Crippen molar-refractivity contribution in [3.63, 3.8) is 0 Å². The standard InChI is InChI=1S/C21H23N/c1-5-10-17(6-2)20-13-19(16(4)22)14-21(15(20)3)18-11-8-7-9-12-18/h5-12,14,20,22H,1-2,13H2,3-4H3/b17-10+,22-16?. The van der Waals surface area contributed by atoms with E-state index in [0.717, 1.165) is 17.6 Å². The van der Waals surface area contributed by atoms with Crippen molar-refractivity contribution in [1.82, 2.24) is 0 Å². The first-order chi connectivity index (χ1) is 10.6. The third-order valence-corrected chi connectivity index (χ3v) is 4.20. The maximum Gasteiger partial charge on any atom is 0.0315 e. The van der Waals surface area contributed by atoms with Gasteiger partial charge in [0.1, 0.15) is 0 Å². The van der Waals surface area contributed by atoms with E-state index in [-0.39, 0.29) is 5.92 Å². The number of nitrogens with one attached hydrogen (secondary N) is 1. The number of rotatable bonds is 5. The number of hydrogen-bond acceptors (Lipinski definition) is 1. The van der Waals surface area contributed by atoms with Crippen molar-refractivity contribution in [1.29, 1.82) is 5.41 Å². The van der Waals surface area contributed by atoms with Crippen LogP contribution in [-0.2, 0) is 0 Å². The number of hydrogen-bond donors (Lipinski definition) is 1. The molecule has 2 rings (SSSR count). The quantitative estimate of drug-likeness (QED) is 0.527. The van der Waals surface area contributed by atoms with Gasteiger partial charge in [0.25, 0.3) is 0 Å². The van der Waals surface area contributed by atoms with Gasteiger partial charge in [-0.1, -0.05) is 67.3 Å². The van der Waals surface area contributed by atoms with Crippen LogP contribution >= 0.6 is 0 Å². The molecule has 22 heavy (non-hydrogen) atoms. The van der Waals surface area contributed by atoms with Gasteiger partial charge in [-0.05, 0) is 48.6 Å². The van der Waals surface area contributed by atoms with Crippen molar-refractivity contribution in [3.8, 4) is 0 Å². The van der Waals surface area contributed by atoms with E-state index in [1.807, 2.05) is 31.2 Å². The van der Waals surface area contributed by atoms with Crippen LogP contribution in [0.5, 0.6) is 0 Å². The fraction of sp³-hybridized carbons (Fsp3) is 0.190. The Bertz CT molecular complexity index is 684. The highest BCUT2D eigenvalue weighted by atomic mass is 14.4. The van der Waals surface area contributed by atoms with Crippen LogP contribution in [0.3, 0.4) is 0 Å². The molecule has 112 valence electrons. The normalized spacial score (nSPS) is 18.7. The summed E-state index contributed by atoms with van der Waals surface area (Å²) in [5.74, 6) is 0.256. The Hall–Kier alpha value is -2.41. The maximum atomic E-state index is 8.04. The van der Waals surface area contributed by atoms with Crippen LogP contribution in [0.1, 0.15) is 25.8 Å². The Kier molecular flexibility index (Phi) is 5.11. The largest absolute Gasteiger partial charge is 0.305 e. The van der Waals surface area contributed by atoms with E-state index in [1.54, 1.807) is 0 Å². The van der Waals surface area contributed by atoms with Gasteiger partial charge in [0.15, 0.2) is 0 Å². The SMILES string of the molecule is C=C/C=C(\C=C)C1CC(C(C)=N)=CC(c2ccccc2)=C1C. The molecular formula is C21H23N. The lowest BCUT2D eigenvalue weighted by Crippen LogP contribution is -2.15. The molecule has 1 heteroatoms. The van der Waals surface area contributed by atoms with E-state index in [9.17, 15) is 0 Å². The molecule has 1 unspecified atom stereocenters. The summed E-state index contributed by atoms with van der Waals surface area (Å²) in [5.41, 5.74) is 6.62. The molecule has 0 amide bonds. The highest BCUT2D eigenvalue weighted by Gasteiger charge is 2.24. The molecule has 0 bridgehead atoms. The zero-order chi connectivity index (χ0) is 16.1. The van der Waals surface area contributed by atoms with E-state index in [2.05, 4.69) is 50.4 Å². The molecule has 0 aromatic heterocycles. The first kappa shape index (κ1) is 16.0. The van der Waals surface area contributed by atoms with Crippen LogP contribution in [0.15, 0.2) is 84.5 Å². The first-order valence-corrected chi connectivity index (χ1v) is 7.55. The van der Waals surface area contributed by atoms with Crippen molar-refractivity contribution < 1.29 is 0 Å². The zero-order valence-corrected chi connectivity index (χ0v) is 13.4. The van der Waals surface area contributed by atoms with Crippen molar-refractivity contribution in [2.24, 2.45) is 5.92 Å². The molecule has 0 saturated carbocycles.